The predicted molar refractivity (Wildman–Crippen MR) is 131 cm³/mol. The molecule has 0 spiro atoms. The highest BCUT2D eigenvalue weighted by Gasteiger charge is 2.25. The number of carboxylic acid groups (broad SMARTS) is 1. The molecule has 0 aliphatic heterocycles. The standard InChI is InChI=1S/C25H23ClN4O6/c26-19-3-1-2-18(13-19)16-6-4-15(5-7-16)12-20(14-21(31)25(35)36)28-23(33)24(34)30-29-22(32)17-8-10-27-11-9-17/h1-11,13,20-21,31H,12,14H2,(H,28,33)(H,29,32)(H,30,34)(H,35,36)/t20-,21-/m1/s1. The second-order valence-electron chi connectivity index (χ2n) is 7.82. The van der Waals surface area contributed by atoms with Crippen molar-refractivity contribution in [1.82, 2.24) is 21.2 Å². The number of amides is 3. The van der Waals surface area contributed by atoms with Gasteiger partial charge in [0.1, 0.15) is 0 Å². The summed E-state index contributed by atoms with van der Waals surface area (Å²) in [5.74, 6) is -4.39. The number of hydrazine groups is 1. The molecule has 10 nitrogen and oxygen atoms in total. The van der Waals surface area contributed by atoms with Crippen LogP contribution in [-0.4, -0.2) is 51.0 Å². The number of carbonyl (C=O) groups is 4. The number of aromatic nitrogens is 1. The Bertz CT molecular complexity index is 1240. The Balaban J connectivity index is 1.64. The van der Waals surface area contributed by atoms with E-state index in [1.165, 1.54) is 24.5 Å². The molecule has 2 atom stereocenters. The molecule has 0 saturated carbocycles. The lowest BCUT2D eigenvalue weighted by Crippen LogP contribution is -2.51. The Morgan fingerprint density at radius 2 is 1.58 bits per heavy atom. The predicted octanol–water partition coefficient (Wildman–Crippen LogP) is 1.73. The Morgan fingerprint density at radius 3 is 2.22 bits per heavy atom. The molecule has 0 bridgehead atoms. The number of aliphatic hydroxyl groups excluding tert-OH is 1. The van der Waals surface area contributed by atoms with E-state index in [0.717, 1.165) is 16.7 Å². The fraction of sp³-hybridized carbons (Fsp3) is 0.160. The van der Waals surface area contributed by atoms with Crippen LogP contribution >= 0.6 is 11.6 Å². The zero-order chi connectivity index (χ0) is 26.1. The van der Waals surface area contributed by atoms with Gasteiger partial charge in [0.2, 0.25) is 0 Å². The quantitative estimate of drug-likeness (QED) is 0.228. The average Bonchev–Trinajstić information content (AvgIpc) is 2.87. The number of benzene rings is 2. The summed E-state index contributed by atoms with van der Waals surface area (Å²) in [7, 11) is 0. The highest BCUT2D eigenvalue weighted by molar-refractivity contribution is 6.35. The first-order valence-electron chi connectivity index (χ1n) is 10.8. The molecule has 3 amide bonds. The molecule has 0 fully saturated rings. The fourth-order valence-corrected chi connectivity index (χ4v) is 3.54. The van der Waals surface area contributed by atoms with Gasteiger partial charge in [0, 0.05) is 35.4 Å². The molecule has 0 radical (unpaired) electrons. The van der Waals surface area contributed by atoms with E-state index in [0.29, 0.717) is 5.02 Å². The van der Waals surface area contributed by atoms with Gasteiger partial charge >= 0.3 is 17.8 Å². The first-order chi connectivity index (χ1) is 17.2. The fourth-order valence-electron chi connectivity index (χ4n) is 3.35. The van der Waals surface area contributed by atoms with Crippen LogP contribution in [0.4, 0.5) is 0 Å². The Kier molecular flexibility index (Phi) is 9.09. The SMILES string of the molecule is O=C(NNC(=O)c1ccncc1)C(=O)N[C@H](Cc1ccc(-c2cccc(Cl)c2)cc1)C[C@@H](O)C(=O)O. The number of pyridine rings is 1. The molecule has 0 aliphatic carbocycles. The number of halogens is 1. The lowest BCUT2D eigenvalue weighted by molar-refractivity contribution is -0.147. The maximum atomic E-state index is 12.4. The van der Waals surface area contributed by atoms with E-state index in [1.807, 2.05) is 35.8 Å². The van der Waals surface area contributed by atoms with Gasteiger partial charge in [-0.1, -0.05) is 48.0 Å². The normalized spacial score (nSPS) is 12.2. The van der Waals surface area contributed by atoms with Gasteiger partial charge in [-0.05, 0) is 47.4 Å². The molecule has 0 aliphatic rings. The van der Waals surface area contributed by atoms with E-state index in [4.69, 9.17) is 16.7 Å². The van der Waals surface area contributed by atoms with Crippen molar-refractivity contribution >= 4 is 35.3 Å². The third kappa shape index (κ3) is 7.62. The van der Waals surface area contributed by atoms with Crippen LogP contribution in [0, 0.1) is 0 Å². The van der Waals surface area contributed by atoms with E-state index in [2.05, 4.69) is 15.7 Å². The number of aliphatic carboxylic acids is 1. The van der Waals surface area contributed by atoms with Crippen molar-refractivity contribution in [3.05, 3.63) is 89.2 Å². The molecule has 0 saturated heterocycles. The monoisotopic (exact) mass is 510 g/mol. The van der Waals surface area contributed by atoms with Crippen LogP contribution in [0.3, 0.4) is 0 Å². The van der Waals surface area contributed by atoms with Crippen molar-refractivity contribution in [1.29, 1.82) is 0 Å². The lowest BCUT2D eigenvalue weighted by Gasteiger charge is -2.20. The van der Waals surface area contributed by atoms with Gasteiger partial charge in [0.15, 0.2) is 6.10 Å². The number of hydrogen-bond acceptors (Lipinski definition) is 6. The molecule has 3 rings (SSSR count). The van der Waals surface area contributed by atoms with Crippen LogP contribution in [0.25, 0.3) is 11.1 Å². The Labute approximate surface area is 211 Å². The number of aliphatic hydroxyl groups is 1. The molecule has 1 heterocycles. The van der Waals surface area contributed by atoms with Gasteiger partial charge in [-0.25, -0.2) is 4.79 Å². The molecule has 1 aromatic heterocycles. The highest BCUT2D eigenvalue weighted by Crippen LogP contribution is 2.23. The van der Waals surface area contributed by atoms with Crippen molar-refractivity contribution in [2.75, 3.05) is 0 Å². The Hall–Kier alpha value is -4.28. The van der Waals surface area contributed by atoms with Gasteiger partial charge in [0.25, 0.3) is 5.91 Å². The van der Waals surface area contributed by atoms with Crippen LogP contribution in [-0.2, 0) is 20.8 Å². The molecule has 186 valence electrons. The number of nitrogens with one attached hydrogen (secondary N) is 3. The number of carbonyl (C=O) groups excluding carboxylic acids is 3. The van der Waals surface area contributed by atoms with Crippen LogP contribution in [0.15, 0.2) is 73.1 Å². The molecule has 11 heteroatoms. The Morgan fingerprint density at radius 1 is 0.889 bits per heavy atom. The first kappa shape index (κ1) is 26.3. The maximum Gasteiger partial charge on any atom is 0.332 e. The zero-order valence-corrected chi connectivity index (χ0v) is 19.6. The molecule has 36 heavy (non-hydrogen) atoms. The van der Waals surface area contributed by atoms with Crippen molar-refractivity contribution in [3.63, 3.8) is 0 Å². The topological polar surface area (TPSA) is 158 Å². The first-order valence-corrected chi connectivity index (χ1v) is 11.2. The van der Waals surface area contributed by atoms with Gasteiger partial charge in [-0.2, -0.15) is 0 Å². The van der Waals surface area contributed by atoms with E-state index in [-0.39, 0.29) is 18.4 Å². The lowest BCUT2D eigenvalue weighted by atomic mass is 9.98. The molecule has 0 unspecified atom stereocenters. The summed E-state index contributed by atoms with van der Waals surface area (Å²) in [4.78, 5) is 51.5. The third-order valence-corrected chi connectivity index (χ3v) is 5.40. The van der Waals surface area contributed by atoms with Crippen LogP contribution < -0.4 is 16.2 Å². The second-order valence-corrected chi connectivity index (χ2v) is 8.25. The summed E-state index contributed by atoms with van der Waals surface area (Å²) >= 11 is 6.04. The second kappa shape index (κ2) is 12.4. The maximum absolute atomic E-state index is 12.4. The minimum atomic E-state index is -1.75. The summed E-state index contributed by atoms with van der Waals surface area (Å²) in [5.41, 5.74) is 6.86. The smallest absolute Gasteiger partial charge is 0.332 e. The van der Waals surface area contributed by atoms with E-state index in [9.17, 15) is 24.3 Å². The van der Waals surface area contributed by atoms with Crippen LogP contribution in [0.5, 0.6) is 0 Å². The van der Waals surface area contributed by atoms with Gasteiger partial charge in [-0.3, -0.25) is 30.2 Å². The minimum Gasteiger partial charge on any atom is -0.479 e. The van der Waals surface area contributed by atoms with Crippen molar-refractivity contribution in [2.24, 2.45) is 0 Å². The molecular formula is C25H23ClN4O6. The molecular weight excluding hydrogens is 488 g/mol. The summed E-state index contributed by atoms with van der Waals surface area (Å²) in [6, 6.07) is 16.5. The zero-order valence-electron chi connectivity index (χ0n) is 18.8. The summed E-state index contributed by atoms with van der Waals surface area (Å²) in [6.07, 6.45) is 0.832. The van der Waals surface area contributed by atoms with E-state index >= 15 is 0 Å². The van der Waals surface area contributed by atoms with Gasteiger partial charge < -0.3 is 15.5 Å². The van der Waals surface area contributed by atoms with Gasteiger partial charge in [-0.15, -0.1) is 0 Å². The van der Waals surface area contributed by atoms with Crippen LogP contribution in [0.2, 0.25) is 5.02 Å². The molecule has 2 aromatic carbocycles. The van der Waals surface area contributed by atoms with E-state index < -0.39 is 35.8 Å². The number of rotatable bonds is 8. The van der Waals surface area contributed by atoms with Crippen LogP contribution in [0.1, 0.15) is 22.3 Å². The van der Waals surface area contributed by atoms with Crippen molar-refractivity contribution in [3.8, 4) is 11.1 Å². The average molecular weight is 511 g/mol. The third-order valence-electron chi connectivity index (χ3n) is 5.16. The summed E-state index contributed by atoms with van der Waals surface area (Å²) in [6.45, 7) is 0. The minimum absolute atomic E-state index is 0.141. The number of hydrogen-bond donors (Lipinski definition) is 5. The largest absolute Gasteiger partial charge is 0.479 e. The number of carboxylic acids is 1. The molecule has 5 N–H and O–H groups in total. The van der Waals surface area contributed by atoms with E-state index in [1.54, 1.807) is 18.2 Å². The highest BCUT2D eigenvalue weighted by atomic mass is 35.5. The summed E-state index contributed by atoms with van der Waals surface area (Å²) in [5, 5.41) is 21.9. The molecule has 3 aromatic rings. The summed E-state index contributed by atoms with van der Waals surface area (Å²) < 4.78 is 0. The van der Waals surface area contributed by atoms with Gasteiger partial charge in [0.05, 0.1) is 0 Å². The number of nitrogens with zero attached hydrogens (tertiary/aromatic N) is 1. The van der Waals surface area contributed by atoms with Crippen molar-refractivity contribution < 1.29 is 29.4 Å². The van der Waals surface area contributed by atoms with Crippen molar-refractivity contribution in [2.45, 2.75) is 25.0 Å².